The summed E-state index contributed by atoms with van der Waals surface area (Å²) < 4.78 is 40.3. The second kappa shape index (κ2) is 8.20. The number of nitrogens with one attached hydrogen (secondary N) is 1. The van der Waals surface area contributed by atoms with Crippen molar-refractivity contribution in [2.45, 2.75) is 23.5 Å². The Hall–Kier alpha value is -3.37. The van der Waals surface area contributed by atoms with Crippen LogP contribution in [-0.2, 0) is 16.6 Å². The van der Waals surface area contributed by atoms with Crippen LogP contribution in [0.15, 0.2) is 65.7 Å². The molecule has 1 atom stereocenters. The fourth-order valence-corrected chi connectivity index (χ4v) is 6.03. The minimum Gasteiger partial charge on any atom is -0.497 e. The van der Waals surface area contributed by atoms with E-state index in [1.165, 1.54) is 10.5 Å². The largest absolute Gasteiger partial charge is 0.497 e. The molecule has 1 amide bonds. The monoisotopic (exact) mass is 468 g/mol. The number of para-hydroxylation sites is 1. The van der Waals surface area contributed by atoms with Gasteiger partial charge in [0.15, 0.2) is 0 Å². The molecule has 0 unspecified atom stereocenters. The van der Waals surface area contributed by atoms with Crippen LogP contribution in [0.2, 0.25) is 0 Å². The number of likely N-dealkylation sites (tertiary alicyclic amines) is 1. The van der Waals surface area contributed by atoms with Gasteiger partial charge in [-0.3, -0.25) is 9.89 Å². The van der Waals surface area contributed by atoms with Crippen LogP contribution in [0.4, 0.5) is 0 Å². The highest BCUT2D eigenvalue weighted by atomic mass is 32.2. The third kappa shape index (κ3) is 3.96. The molecule has 0 aliphatic carbocycles. The highest BCUT2D eigenvalue weighted by Crippen LogP contribution is 2.39. The zero-order valence-corrected chi connectivity index (χ0v) is 18.9. The molecule has 9 nitrogen and oxygen atoms in total. The summed E-state index contributed by atoms with van der Waals surface area (Å²) in [5.41, 5.74) is 0.364. The smallest absolute Gasteiger partial charge is 0.271 e. The van der Waals surface area contributed by atoms with Crippen LogP contribution in [0.1, 0.15) is 22.5 Å². The number of rotatable bonds is 4. The van der Waals surface area contributed by atoms with Gasteiger partial charge in [-0.25, -0.2) is 8.42 Å². The molecule has 0 radical (unpaired) electrons. The number of aromatic nitrogens is 2. The van der Waals surface area contributed by atoms with Crippen molar-refractivity contribution in [1.29, 1.82) is 0 Å². The van der Waals surface area contributed by atoms with Gasteiger partial charge in [0.25, 0.3) is 5.91 Å². The predicted octanol–water partition coefficient (Wildman–Crippen LogP) is 2.29. The summed E-state index contributed by atoms with van der Waals surface area (Å²) in [7, 11) is -2.23. The summed E-state index contributed by atoms with van der Waals surface area (Å²) in [5.74, 6) is 0.826. The van der Waals surface area contributed by atoms with Gasteiger partial charge in [-0.05, 0) is 35.9 Å². The second-order valence-electron chi connectivity index (χ2n) is 8.30. The average molecular weight is 469 g/mol. The highest BCUT2D eigenvalue weighted by Gasteiger charge is 2.49. The molecule has 2 aromatic carbocycles. The summed E-state index contributed by atoms with van der Waals surface area (Å²) >= 11 is 0. The van der Waals surface area contributed by atoms with Gasteiger partial charge >= 0.3 is 0 Å². The van der Waals surface area contributed by atoms with Gasteiger partial charge in [0.1, 0.15) is 27.7 Å². The number of hydrogen-bond acceptors (Lipinski definition) is 6. The number of H-pyrrole nitrogens is 1. The first kappa shape index (κ1) is 21.5. The molecule has 0 bridgehead atoms. The SMILES string of the molecule is COc1ccc(CN2C[C@]3(CCN(C(=O)c4ccn[nH]4)C3)Oc3ccccc3S2(=O)=O)cc1. The Morgan fingerprint density at radius 1 is 1.15 bits per heavy atom. The van der Waals surface area contributed by atoms with Gasteiger partial charge in [-0.1, -0.05) is 24.3 Å². The minimum absolute atomic E-state index is 0.128. The molecule has 1 N–H and O–H groups in total. The zero-order valence-electron chi connectivity index (χ0n) is 18.1. The first-order chi connectivity index (χ1) is 15.9. The molecule has 5 rings (SSSR count). The normalized spacial score (nSPS) is 21.9. The number of benzene rings is 2. The highest BCUT2D eigenvalue weighted by molar-refractivity contribution is 7.89. The van der Waals surface area contributed by atoms with E-state index in [-0.39, 0.29) is 30.4 Å². The molecule has 1 spiro atoms. The lowest BCUT2D eigenvalue weighted by molar-refractivity contribution is 0.0507. The van der Waals surface area contributed by atoms with E-state index in [9.17, 15) is 13.2 Å². The Labute approximate surface area is 192 Å². The molecule has 1 aromatic heterocycles. The number of aromatic amines is 1. The Morgan fingerprint density at radius 2 is 1.94 bits per heavy atom. The maximum absolute atomic E-state index is 13.6. The molecule has 2 aliphatic rings. The lowest BCUT2D eigenvalue weighted by atomic mass is 10.0. The van der Waals surface area contributed by atoms with Crippen LogP contribution in [-0.4, -0.2) is 66.1 Å². The number of hydrogen-bond donors (Lipinski definition) is 1. The van der Waals surface area contributed by atoms with Gasteiger partial charge < -0.3 is 14.4 Å². The van der Waals surface area contributed by atoms with Gasteiger partial charge in [-0.2, -0.15) is 9.40 Å². The number of sulfonamides is 1. The fourth-order valence-electron chi connectivity index (χ4n) is 4.41. The Bertz CT molecular complexity index is 1260. The lowest BCUT2D eigenvalue weighted by Gasteiger charge is -2.32. The molecule has 0 saturated carbocycles. The number of carbonyl (C=O) groups excluding carboxylic acids is 1. The molecule has 2 aliphatic heterocycles. The van der Waals surface area contributed by atoms with E-state index in [0.29, 0.717) is 30.2 Å². The van der Waals surface area contributed by atoms with E-state index in [4.69, 9.17) is 9.47 Å². The topological polar surface area (TPSA) is 105 Å². The van der Waals surface area contributed by atoms with Crippen molar-refractivity contribution in [3.63, 3.8) is 0 Å². The van der Waals surface area contributed by atoms with Crippen LogP contribution in [0, 0.1) is 0 Å². The first-order valence-electron chi connectivity index (χ1n) is 10.6. The average Bonchev–Trinajstić information content (AvgIpc) is 3.48. The predicted molar refractivity (Wildman–Crippen MR) is 119 cm³/mol. The molecule has 33 heavy (non-hydrogen) atoms. The molecule has 1 fully saturated rings. The molecular formula is C23H24N4O5S. The number of nitrogens with zero attached hydrogens (tertiary/aromatic N) is 3. The lowest BCUT2D eigenvalue weighted by Crippen LogP contribution is -2.49. The summed E-state index contributed by atoms with van der Waals surface area (Å²) in [6, 6.07) is 15.6. The quantitative estimate of drug-likeness (QED) is 0.630. The Balaban J connectivity index is 1.49. The van der Waals surface area contributed by atoms with E-state index < -0.39 is 15.6 Å². The summed E-state index contributed by atoms with van der Waals surface area (Å²) in [6.45, 7) is 1.04. The van der Waals surface area contributed by atoms with Crippen LogP contribution >= 0.6 is 0 Å². The van der Waals surface area contributed by atoms with Gasteiger partial charge in [0.2, 0.25) is 10.0 Å². The van der Waals surface area contributed by atoms with Crippen molar-refractivity contribution in [2.24, 2.45) is 0 Å². The summed E-state index contributed by atoms with van der Waals surface area (Å²) in [4.78, 5) is 14.7. The summed E-state index contributed by atoms with van der Waals surface area (Å²) in [6.07, 6.45) is 2.04. The van der Waals surface area contributed by atoms with E-state index in [0.717, 1.165) is 5.56 Å². The van der Waals surface area contributed by atoms with Crippen molar-refractivity contribution >= 4 is 15.9 Å². The first-order valence-corrected chi connectivity index (χ1v) is 12.0. The van der Waals surface area contributed by atoms with Crippen LogP contribution in [0.3, 0.4) is 0 Å². The van der Waals surface area contributed by atoms with E-state index in [2.05, 4.69) is 10.2 Å². The zero-order chi connectivity index (χ0) is 23.1. The Kier molecular flexibility index (Phi) is 5.34. The molecule has 172 valence electrons. The van der Waals surface area contributed by atoms with Crippen molar-refractivity contribution < 1.29 is 22.7 Å². The van der Waals surface area contributed by atoms with Crippen LogP contribution < -0.4 is 9.47 Å². The molecule has 10 heteroatoms. The minimum atomic E-state index is -3.82. The number of fused-ring (bicyclic) bond motifs is 1. The molecular weight excluding hydrogens is 444 g/mol. The molecule has 1 saturated heterocycles. The van der Waals surface area contributed by atoms with Crippen molar-refractivity contribution in [3.8, 4) is 11.5 Å². The molecule has 3 aromatic rings. The fraction of sp³-hybridized carbons (Fsp3) is 0.304. The van der Waals surface area contributed by atoms with Crippen LogP contribution in [0.25, 0.3) is 0 Å². The van der Waals surface area contributed by atoms with Crippen molar-refractivity contribution in [1.82, 2.24) is 19.4 Å². The van der Waals surface area contributed by atoms with Crippen molar-refractivity contribution in [3.05, 3.63) is 72.1 Å². The standard InChI is InChI=1S/C23H24N4O5S/c1-31-18-8-6-17(7-9-18)14-27-16-23(32-20-4-2-3-5-21(20)33(27,29)30)11-13-26(15-23)22(28)19-10-12-24-25-19/h2-10,12H,11,13-16H2,1H3,(H,24,25)/t23-/m1/s1. The third-order valence-electron chi connectivity index (χ3n) is 6.11. The van der Waals surface area contributed by atoms with Gasteiger partial charge in [0.05, 0.1) is 20.2 Å². The van der Waals surface area contributed by atoms with Gasteiger partial charge in [-0.15, -0.1) is 0 Å². The molecule has 3 heterocycles. The maximum atomic E-state index is 13.6. The second-order valence-corrected chi connectivity index (χ2v) is 10.2. The number of ether oxygens (including phenoxy) is 2. The van der Waals surface area contributed by atoms with Crippen molar-refractivity contribution in [2.75, 3.05) is 26.7 Å². The van der Waals surface area contributed by atoms with E-state index in [1.54, 1.807) is 54.5 Å². The van der Waals surface area contributed by atoms with E-state index >= 15 is 0 Å². The third-order valence-corrected chi connectivity index (χ3v) is 7.94. The van der Waals surface area contributed by atoms with Crippen LogP contribution in [0.5, 0.6) is 11.5 Å². The number of carbonyl (C=O) groups is 1. The number of amides is 1. The Morgan fingerprint density at radius 3 is 2.67 bits per heavy atom. The van der Waals surface area contributed by atoms with Gasteiger partial charge in [0, 0.05) is 25.7 Å². The summed E-state index contributed by atoms with van der Waals surface area (Å²) in [5, 5.41) is 6.55. The maximum Gasteiger partial charge on any atom is 0.271 e. The van der Waals surface area contributed by atoms with E-state index in [1.807, 2.05) is 12.1 Å². The number of methoxy groups -OCH3 is 1.